The Kier molecular flexibility index (Phi) is 8.50. The number of methoxy groups -OCH3 is 2. The molecule has 1 fully saturated rings. The fraction of sp³-hybridized carbons (Fsp3) is 0.357. The number of amides is 2. The van der Waals surface area contributed by atoms with Gasteiger partial charge in [0.2, 0.25) is 11.8 Å². The summed E-state index contributed by atoms with van der Waals surface area (Å²) in [5.41, 5.74) is 2.01. The van der Waals surface area contributed by atoms with Crippen molar-refractivity contribution in [2.45, 2.75) is 25.1 Å². The molecule has 41 heavy (non-hydrogen) atoms. The lowest BCUT2D eigenvalue weighted by molar-refractivity contribution is 0.0142. The zero-order valence-corrected chi connectivity index (χ0v) is 24.5. The van der Waals surface area contributed by atoms with Crippen molar-refractivity contribution in [2.75, 3.05) is 46.7 Å². The maximum absolute atomic E-state index is 13.2. The number of likely N-dealkylation sites (tertiary alicyclic amines) is 1. The van der Waals surface area contributed by atoms with Gasteiger partial charge in [-0.05, 0) is 43.8 Å². The van der Waals surface area contributed by atoms with Gasteiger partial charge >= 0.3 is 0 Å². The van der Waals surface area contributed by atoms with E-state index in [1.807, 2.05) is 19.2 Å². The van der Waals surface area contributed by atoms with Gasteiger partial charge in [0.25, 0.3) is 11.8 Å². The predicted molar refractivity (Wildman–Crippen MR) is 155 cm³/mol. The van der Waals surface area contributed by atoms with Crippen molar-refractivity contribution in [3.05, 3.63) is 63.3 Å². The fourth-order valence-electron chi connectivity index (χ4n) is 4.98. The molecule has 2 aliphatic rings. The van der Waals surface area contributed by atoms with Crippen LogP contribution in [0.4, 0.5) is 11.6 Å². The van der Waals surface area contributed by atoms with Gasteiger partial charge in [0.05, 0.1) is 47.3 Å². The number of benzene rings is 2. The lowest BCUT2D eigenvalue weighted by atomic mass is 10.0. The third-order valence-electron chi connectivity index (χ3n) is 7.16. The van der Waals surface area contributed by atoms with Gasteiger partial charge in [-0.3, -0.25) is 9.59 Å². The van der Waals surface area contributed by atoms with Gasteiger partial charge in [-0.25, -0.2) is 4.98 Å². The summed E-state index contributed by atoms with van der Waals surface area (Å²) in [7, 11) is 6.86. The first kappa shape index (κ1) is 28.9. The highest BCUT2D eigenvalue weighted by Gasteiger charge is 2.31. The smallest absolute Gasteiger partial charge is 0.258 e. The quantitative estimate of drug-likeness (QED) is 0.388. The maximum Gasteiger partial charge on any atom is 0.258 e. The summed E-state index contributed by atoms with van der Waals surface area (Å²) in [5, 5.41) is 6.46. The Morgan fingerprint density at radius 1 is 1.12 bits per heavy atom. The van der Waals surface area contributed by atoms with Crippen molar-refractivity contribution in [3.8, 4) is 17.4 Å². The number of carbonyl (C=O) groups excluding carboxylic acids is 2. The molecule has 2 atom stereocenters. The van der Waals surface area contributed by atoms with Crippen molar-refractivity contribution in [2.24, 2.45) is 0 Å². The van der Waals surface area contributed by atoms with E-state index in [4.69, 9.17) is 37.4 Å². The highest BCUT2D eigenvalue weighted by atomic mass is 35.5. The third-order valence-corrected chi connectivity index (χ3v) is 7.73. The number of halogens is 2. The number of ether oxygens (including phenoxy) is 3. The summed E-state index contributed by atoms with van der Waals surface area (Å²) in [6, 6.07) is 8.34. The summed E-state index contributed by atoms with van der Waals surface area (Å²) in [4.78, 5) is 38.2. The number of carbonyl (C=O) groups is 2. The van der Waals surface area contributed by atoms with Gasteiger partial charge in [-0.1, -0.05) is 35.3 Å². The van der Waals surface area contributed by atoms with Crippen LogP contribution in [-0.4, -0.2) is 85.1 Å². The van der Waals surface area contributed by atoms with Gasteiger partial charge in [0, 0.05) is 27.2 Å². The highest BCUT2D eigenvalue weighted by molar-refractivity contribution is 6.34. The summed E-state index contributed by atoms with van der Waals surface area (Å²) in [6.07, 6.45) is 2.01. The number of fused-ring (bicyclic) bond motifs is 1. The molecule has 2 N–H and O–H groups in total. The minimum atomic E-state index is -0.328. The molecule has 2 unspecified atom stereocenters. The SMILES string of the molecule is COc1cc(C(=O)NC2CCN(C)CC2OC)c(Cl)cc1Nc1ncc(Cl)c(Oc2cccc3c2C(=O)N(C)C3)n1. The highest BCUT2D eigenvalue weighted by Crippen LogP contribution is 2.37. The molecule has 216 valence electrons. The van der Waals surface area contributed by atoms with Crippen LogP contribution >= 0.6 is 23.2 Å². The summed E-state index contributed by atoms with van der Waals surface area (Å²) in [6.45, 7) is 2.06. The second kappa shape index (κ2) is 12.1. The molecule has 2 aliphatic heterocycles. The van der Waals surface area contributed by atoms with Gasteiger partial charge < -0.3 is 34.6 Å². The first-order valence-electron chi connectivity index (χ1n) is 12.9. The van der Waals surface area contributed by atoms with Gasteiger partial charge in [-0.15, -0.1) is 0 Å². The van der Waals surface area contributed by atoms with E-state index in [0.717, 1.165) is 18.5 Å². The Bertz CT molecular complexity index is 1490. The van der Waals surface area contributed by atoms with Crippen molar-refractivity contribution >= 4 is 46.7 Å². The second-order valence-corrected chi connectivity index (χ2v) is 10.8. The van der Waals surface area contributed by atoms with Crippen molar-refractivity contribution in [3.63, 3.8) is 0 Å². The number of nitrogens with one attached hydrogen (secondary N) is 2. The molecule has 5 rings (SSSR count). The first-order valence-corrected chi connectivity index (χ1v) is 13.7. The molecule has 11 nitrogen and oxygen atoms in total. The van der Waals surface area contributed by atoms with Gasteiger partial charge in [0.1, 0.15) is 16.5 Å². The zero-order chi connectivity index (χ0) is 29.3. The number of rotatable bonds is 8. The standard InChI is InChI=1S/C28H30Cl2N6O5/c1-35-9-8-19(23(14-35)40-4)32-25(37)16-10-22(39-3)20(11-17(16)29)33-28-31-12-18(30)26(34-28)41-21-7-5-6-15-13-36(2)27(38)24(15)21/h5-7,10-12,19,23H,8-9,13-14H2,1-4H3,(H,32,37)(H,31,33,34). The van der Waals surface area contributed by atoms with E-state index in [2.05, 4.69) is 25.5 Å². The number of likely N-dealkylation sites (N-methyl/N-ethyl adjacent to an activating group) is 1. The van der Waals surface area contributed by atoms with Crippen molar-refractivity contribution < 1.29 is 23.8 Å². The Morgan fingerprint density at radius 2 is 1.93 bits per heavy atom. The summed E-state index contributed by atoms with van der Waals surface area (Å²) < 4.78 is 17.1. The van der Waals surface area contributed by atoms with Crippen LogP contribution in [-0.2, 0) is 11.3 Å². The molecule has 1 aromatic heterocycles. The number of hydrogen-bond acceptors (Lipinski definition) is 9. The number of anilines is 2. The van der Waals surface area contributed by atoms with Gasteiger partial charge in [-0.2, -0.15) is 4.98 Å². The van der Waals surface area contributed by atoms with E-state index in [1.165, 1.54) is 13.3 Å². The number of hydrogen-bond donors (Lipinski definition) is 2. The minimum absolute atomic E-state index is 0.0619. The Balaban J connectivity index is 1.36. The van der Waals surface area contributed by atoms with E-state index < -0.39 is 0 Å². The minimum Gasteiger partial charge on any atom is -0.495 e. The average Bonchev–Trinajstić information content (AvgIpc) is 3.25. The van der Waals surface area contributed by atoms with E-state index in [-0.39, 0.29) is 51.4 Å². The van der Waals surface area contributed by atoms with Crippen LogP contribution in [0.3, 0.4) is 0 Å². The number of piperidine rings is 1. The topological polar surface area (TPSA) is 118 Å². The first-order chi connectivity index (χ1) is 19.7. The van der Waals surface area contributed by atoms with E-state index >= 15 is 0 Å². The third kappa shape index (κ3) is 6.03. The molecule has 1 saturated heterocycles. The second-order valence-electron chi connectivity index (χ2n) is 9.96. The molecule has 2 amide bonds. The number of nitrogens with zero attached hydrogens (tertiary/aromatic N) is 4. The fourth-order valence-corrected chi connectivity index (χ4v) is 5.36. The molecule has 2 aromatic carbocycles. The summed E-state index contributed by atoms with van der Waals surface area (Å²) >= 11 is 12.9. The van der Waals surface area contributed by atoms with E-state index in [1.54, 1.807) is 37.3 Å². The Labute approximate surface area is 247 Å². The molecule has 3 heterocycles. The van der Waals surface area contributed by atoms with Crippen LogP contribution in [0, 0.1) is 0 Å². The molecule has 0 saturated carbocycles. The molecule has 0 radical (unpaired) electrons. The van der Waals surface area contributed by atoms with E-state index in [9.17, 15) is 9.59 Å². The van der Waals surface area contributed by atoms with Crippen LogP contribution in [0.15, 0.2) is 36.5 Å². The Morgan fingerprint density at radius 3 is 2.68 bits per heavy atom. The molecule has 13 heteroatoms. The molecular weight excluding hydrogens is 571 g/mol. The van der Waals surface area contributed by atoms with Crippen LogP contribution < -0.4 is 20.1 Å². The number of aromatic nitrogens is 2. The molecule has 0 aliphatic carbocycles. The largest absolute Gasteiger partial charge is 0.495 e. The average molecular weight is 601 g/mol. The Hall–Kier alpha value is -3.64. The van der Waals surface area contributed by atoms with Gasteiger partial charge in [0.15, 0.2) is 0 Å². The predicted octanol–water partition coefficient (Wildman–Crippen LogP) is 4.36. The van der Waals surface area contributed by atoms with E-state index in [0.29, 0.717) is 35.8 Å². The van der Waals surface area contributed by atoms with Crippen LogP contribution in [0.1, 0.15) is 32.7 Å². The maximum atomic E-state index is 13.2. The lowest BCUT2D eigenvalue weighted by Gasteiger charge is -2.36. The molecule has 0 bridgehead atoms. The molecular formula is C28H30Cl2N6O5. The monoisotopic (exact) mass is 600 g/mol. The normalized spacial score (nSPS) is 18.7. The molecule has 3 aromatic rings. The van der Waals surface area contributed by atoms with Crippen molar-refractivity contribution in [1.29, 1.82) is 0 Å². The van der Waals surface area contributed by atoms with Crippen molar-refractivity contribution in [1.82, 2.24) is 25.1 Å². The van der Waals surface area contributed by atoms with Crippen LogP contribution in [0.5, 0.6) is 17.4 Å². The molecule has 0 spiro atoms. The lowest BCUT2D eigenvalue weighted by Crippen LogP contribution is -2.53. The van der Waals surface area contributed by atoms with Crippen LogP contribution in [0.25, 0.3) is 0 Å². The zero-order valence-electron chi connectivity index (χ0n) is 23.0. The van der Waals surface area contributed by atoms with Crippen LogP contribution in [0.2, 0.25) is 10.0 Å². The summed E-state index contributed by atoms with van der Waals surface area (Å²) in [5.74, 6) is 0.427.